The predicted molar refractivity (Wildman–Crippen MR) is 69.3 cm³/mol. The van der Waals surface area contributed by atoms with Crippen LogP contribution in [0, 0.1) is 5.41 Å². The Morgan fingerprint density at radius 2 is 2.00 bits per heavy atom. The molecule has 18 heavy (non-hydrogen) atoms. The van der Waals surface area contributed by atoms with Gasteiger partial charge >= 0.3 is 5.97 Å². The molecule has 0 bridgehead atoms. The molecule has 0 radical (unpaired) electrons. The van der Waals surface area contributed by atoms with Crippen LogP contribution in [-0.4, -0.2) is 36.6 Å². The van der Waals surface area contributed by atoms with Crippen LogP contribution < -0.4 is 10.6 Å². The van der Waals surface area contributed by atoms with Gasteiger partial charge in [-0.3, -0.25) is 9.59 Å². The highest BCUT2D eigenvalue weighted by Gasteiger charge is 2.38. The third-order valence-corrected chi connectivity index (χ3v) is 3.62. The number of amides is 1. The molecule has 3 N–H and O–H groups in total. The predicted octanol–water partition coefficient (Wildman–Crippen LogP) is 1.14. The van der Waals surface area contributed by atoms with E-state index < -0.39 is 5.97 Å². The minimum absolute atomic E-state index is 0.108. The van der Waals surface area contributed by atoms with Gasteiger partial charge in [-0.05, 0) is 38.8 Å². The molecule has 1 rings (SSSR count). The van der Waals surface area contributed by atoms with Gasteiger partial charge in [0.1, 0.15) is 0 Å². The molecule has 1 aliphatic heterocycles. The highest BCUT2D eigenvalue weighted by Crippen LogP contribution is 2.34. The Labute approximate surface area is 108 Å². The maximum absolute atomic E-state index is 12.3. The number of hydrogen-bond acceptors (Lipinski definition) is 3. The summed E-state index contributed by atoms with van der Waals surface area (Å²) in [6.45, 7) is 4.34. The maximum Gasteiger partial charge on any atom is 0.303 e. The number of carbonyl (C=O) groups is 2. The van der Waals surface area contributed by atoms with Crippen LogP contribution in [0.3, 0.4) is 0 Å². The zero-order valence-electron chi connectivity index (χ0n) is 11.1. The molecule has 0 saturated carbocycles. The molecule has 1 fully saturated rings. The van der Waals surface area contributed by atoms with Crippen molar-refractivity contribution in [3.8, 4) is 0 Å². The molecule has 0 atom stereocenters. The van der Waals surface area contributed by atoms with Gasteiger partial charge in [-0.1, -0.05) is 13.3 Å². The lowest BCUT2D eigenvalue weighted by Crippen LogP contribution is -2.47. The van der Waals surface area contributed by atoms with Gasteiger partial charge < -0.3 is 15.7 Å². The van der Waals surface area contributed by atoms with E-state index in [4.69, 9.17) is 5.11 Å². The van der Waals surface area contributed by atoms with Crippen molar-refractivity contribution in [1.82, 2.24) is 10.6 Å². The molecule has 104 valence electrons. The van der Waals surface area contributed by atoms with Crippen LogP contribution in [0.5, 0.6) is 0 Å². The molecule has 0 aliphatic carbocycles. The van der Waals surface area contributed by atoms with Crippen LogP contribution in [0.25, 0.3) is 0 Å². The second-order valence-electron chi connectivity index (χ2n) is 5.03. The van der Waals surface area contributed by atoms with Crippen molar-refractivity contribution in [2.24, 2.45) is 5.41 Å². The summed E-state index contributed by atoms with van der Waals surface area (Å²) in [4.78, 5) is 22.7. The van der Waals surface area contributed by atoms with Crippen LogP contribution in [0.15, 0.2) is 0 Å². The molecule has 0 aromatic carbocycles. The largest absolute Gasteiger partial charge is 0.481 e. The summed E-state index contributed by atoms with van der Waals surface area (Å²) in [6.07, 6.45) is 4.29. The molecule has 0 aromatic heterocycles. The summed E-state index contributed by atoms with van der Waals surface area (Å²) in [5, 5.41) is 14.7. The first-order chi connectivity index (χ1) is 8.60. The van der Waals surface area contributed by atoms with Gasteiger partial charge in [0.2, 0.25) is 5.91 Å². The van der Waals surface area contributed by atoms with E-state index in [1.807, 2.05) is 0 Å². The van der Waals surface area contributed by atoms with Crippen molar-refractivity contribution < 1.29 is 14.7 Å². The van der Waals surface area contributed by atoms with E-state index in [0.717, 1.165) is 38.8 Å². The molecule has 5 heteroatoms. The van der Waals surface area contributed by atoms with Crippen LogP contribution >= 0.6 is 0 Å². The average molecular weight is 256 g/mol. The number of carboxylic acids is 1. The first kappa shape index (κ1) is 15.0. The van der Waals surface area contributed by atoms with Crippen LogP contribution in [-0.2, 0) is 9.59 Å². The Kier molecular flexibility index (Phi) is 6.12. The fraction of sp³-hybridized carbons (Fsp3) is 0.846. The Hall–Kier alpha value is -1.10. The number of hydrogen-bond donors (Lipinski definition) is 3. The third kappa shape index (κ3) is 4.29. The molecule has 1 saturated heterocycles. The molecule has 0 unspecified atom stereocenters. The van der Waals surface area contributed by atoms with Crippen molar-refractivity contribution in [3.63, 3.8) is 0 Å². The first-order valence-electron chi connectivity index (χ1n) is 6.81. The smallest absolute Gasteiger partial charge is 0.303 e. The van der Waals surface area contributed by atoms with Gasteiger partial charge in [-0.2, -0.15) is 0 Å². The Morgan fingerprint density at radius 1 is 1.33 bits per heavy atom. The lowest BCUT2D eigenvalue weighted by molar-refractivity contribution is -0.137. The number of carbonyl (C=O) groups excluding carboxylic acids is 1. The maximum atomic E-state index is 12.3. The zero-order chi connectivity index (χ0) is 13.4. The fourth-order valence-electron chi connectivity index (χ4n) is 2.60. The topological polar surface area (TPSA) is 78.4 Å². The number of nitrogens with one attached hydrogen (secondary N) is 2. The van der Waals surface area contributed by atoms with Gasteiger partial charge in [0.25, 0.3) is 0 Å². The minimum atomic E-state index is -0.811. The Bertz CT molecular complexity index is 280. The molecule has 1 amide bonds. The van der Waals surface area contributed by atoms with E-state index in [-0.39, 0.29) is 17.7 Å². The van der Waals surface area contributed by atoms with Crippen LogP contribution in [0.2, 0.25) is 0 Å². The highest BCUT2D eigenvalue weighted by atomic mass is 16.4. The lowest BCUT2D eigenvalue weighted by Gasteiger charge is -2.36. The van der Waals surface area contributed by atoms with Crippen molar-refractivity contribution >= 4 is 11.9 Å². The van der Waals surface area contributed by atoms with Crippen molar-refractivity contribution in [2.45, 2.75) is 45.4 Å². The molecule has 0 spiro atoms. The SMILES string of the molecule is CCCC1(C(=O)NCCCC(=O)O)CCNCC1. The van der Waals surface area contributed by atoms with E-state index in [2.05, 4.69) is 17.6 Å². The molecule has 0 aromatic rings. The zero-order valence-corrected chi connectivity index (χ0v) is 11.1. The summed E-state index contributed by atoms with van der Waals surface area (Å²) in [5.41, 5.74) is -0.233. The van der Waals surface area contributed by atoms with Gasteiger partial charge in [0.15, 0.2) is 0 Å². The summed E-state index contributed by atoms with van der Waals surface area (Å²) in [7, 11) is 0. The monoisotopic (exact) mass is 256 g/mol. The van der Waals surface area contributed by atoms with E-state index in [9.17, 15) is 9.59 Å². The van der Waals surface area contributed by atoms with Gasteiger partial charge in [0, 0.05) is 13.0 Å². The highest BCUT2D eigenvalue weighted by molar-refractivity contribution is 5.82. The van der Waals surface area contributed by atoms with Crippen LogP contribution in [0.4, 0.5) is 0 Å². The third-order valence-electron chi connectivity index (χ3n) is 3.62. The number of aliphatic carboxylic acids is 1. The van der Waals surface area contributed by atoms with Crippen molar-refractivity contribution in [3.05, 3.63) is 0 Å². The molecular formula is C13H24N2O3. The van der Waals surface area contributed by atoms with Gasteiger partial charge in [-0.25, -0.2) is 0 Å². The second kappa shape index (κ2) is 7.36. The van der Waals surface area contributed by atoms with Gasteiger partial charge in [0.05, 0.1) is 5.41 Å². The van der Waals surface area contributed by atoms with Crippen molar-refractivity contribution in [2.75, 3.05) is 19.6 Å². The number of carboxylic acid groups (broad SMARTS) is 1. The van der Waals surface area contributed by atoms with E-state index in [0.29, 0.717) is 13.0 Å². The fourth-order valence-corrected chi connectivity index (χ4v) is 2.60. The summed E-state index contributed by atoms with van der Waals surface area (Å²) in [5.74, 6) is -0.703. The normalized spacial score (nSPS) is 18.3. The van der Waals surface area contributed by atoms with Gasteiger partial charge in [-0.15, -0.1) is 0 Å². The molecule has 5 nitrogen and oxygen atoms in total. The average Bonchev–Trinajstić information content (AvgIpc) is 2.35. The van der Waals surface area contributed by atoms with Crippen molar-refractivity contribution in [1.29, 1.82) is 0 Å². The first-order valence-corrected chi connectivity index (χ1v) is 6.81. The molecular weight excluding hydrogens is 232 g/mol. The number of rotatable bonds is 7. The standard InChI is InChI=1S/C13H24N2O3/c1-2-5-13(6-9-14-10-7-13)12(18)15-8-3-4-11(16)17/h14H,2-10H2,1H3,(H,15,18)(H,16,17). The molecule has 1 heterocycles. The summed E-state index contributed by atoms with van der Waals surface area (Å²) >= 11 is 0. The quantitative estimate of drug-likeness (QED) is 0.597. The Balaban J connectivity index is 2.42. The second-order valence-corrected chi connectivity index (χ2v) is 5.03. The van der Waals surface area contributed by atoms with E-state index in [1.165, 1.54) is 0 Å². The minimum Gasteiger partial charge on any atom is -0.481 e. The van der Waals surface area contributed by atoms with E-state index >= 15 is 0 Å². The summed E-state index contributed by atoms with van der Waals surface area (Å²) < 4.78 is 0. The number of piperidine rings is 1. The lowest BCUT2D eigenvalue weighted by atomic mass is 9.74. The van der Waals surface area contributed by atoms with Crippen LogP contribution in [0.1, 0.15) is 45.4 Å². The molecule has 1 aliphatic rings. The summed E-state index contributed by atoms with van der Waals surface area (Å²) in [6, 6.07) is 0. The Morgan fingerprint density at radius 3 is 2.56 bits per heavy atom. The van der Waals surface area contributed by atoms with E-state index in [1.54, 1.807) is 0 Å².